The van der Waals surface area contributed by atoms with E-state index in [0.717, 1.165) is 30.1 Å². The summed E-state index contributed by atoms with van der Waals surface area (Å²) in [6.07, 6.45) is 12.7. The Kier molecular flexibility index (Phi) is 7.23. The van der Waals surface area contributed by atoms with Gasteiger partial charge >= 0.3 is 0 Å². The van der Waals surface area contributed by atoms with E-state index in [4.69, 9.17) is 5.26 Å². The van der Waals surface area contributed by atoms with Crippen LogP contribution < -0.4 is 0 Å². The van der Waals surface area contributed by atoms with E-state index in [0.29, 0.717) is 0 Å². The first-order chi connectivity index (χ1) is 10.7. The summed E-state index contributed by atoms with van der Waals surface area (Å²) in [6, 6.07) is 8.02. The third kappa shape index (κ3) is 4.65. The molecule has 116 valence electrons. The maximum atomic E-state index is 8.76. The highest BCUT2D eigenvalue weighted by Crippen LogP contribution is 2.43. The van der Waals surface area contributed by atoms with Gasteiger partial charge in [-0.15, -0.1) is 12.8 Å². The van der Waals surface area contributed by atoms with Crippen LogP contribution in [0.15, 0.2) is 24.4 Å². The molecule has 1 heterocycles. The standard InChI is InChI=1S/C12H10N2.C5H13N.C2H2/c13-6-8-1-4-10-11(9-2-3-9)7-14-12(10)5-8;1-4-6(3)5-2;1-2/h1,4-5,7,9,14H,2-3H2;4-5H2,1-3H3;1-2H. The van der Waals surface area contributed by atoms with Crippen LogP contribution in [0.2, 0.25) is 0 Å². The molecule has 0 unspecified atom stereocenters. The molecular weight excluding hydrogens is 270 g/mol. The van der Waals surface area contributed by atoms with Crippen molar-refractivity contribution < 1.29 is 0 Å². The minimum absolute atomic E-state index is 0.724. The molecular formula is C19H25N3. The number of benzene rings is 1. The monoisotopic (exact) mass is 295 g/mol. The van der Waals surface area contributed by atoms with Crippen molar-refractivity contribution in [3.8, 4) is 18.9 Å². The number of hydrogen-bond acceptors (Lipinski definition) is 2. The number of nitriles is 1. The molecule has 1 fully saturated rings. The maximum Gasteiger partial charge on any atom is 0.0992 e. The van der Waals surface area contributed by atoms with E-state index in [1.807, 2.05) is 12.1 Å². The summed E-state index contributed by atoms with van der Waals surface area (Å²) in [7, 11) is 2.11. The van der Waals surface area contributed by atoms with Crippen LogP contribution in [0.3, 0.4) is 0 Å². The van der Waals surface area contributed by atoms with Crippen LogP contribution >= 0.6 is 0 Å². The first kappa shape index (κ1) is 17.8. The molecule has 1 saturated carbocycles. The van der Waals surface area contributed by atoms with E-state index in [9.17, 15) is 0 Å². The predicted octanol–water partition coefficient (Wildman–Crippen LogP) is 4.12. The van der Waals surface area contributed by atoms with Crippen molar-refractivity contribution in [1.29, 1.82) is 5.26 Å². The smallest absolute Gasteiger partial charge is 0.0992 e. The summed E-state index contributed by atoms with van der Waals surface area (Å²) in [5.74, 6) is 0.761. The molecule has 0 amide bonds. The third-order valence-corrected chi connectivity index (χ3v) is 3.94. The lowest BCUT2D eigenvalue weighted by Gasteiger charge is -2.07. The zero-order chi connectivity index (χ0) is 16.5. The topological polar surface area (TPSA) is 42.8 Å². The summed E-state index contributed by atoms with van der Waals surface area (Å²) in [5, 5.41) is 10.0. The van der Waals surface area contributed by atoms with Gasteiger partial charge in [-0.3, -0.25) is 0 Å². The number of aromatic nitrogens is 1. The highest BCUT2D eigenvalue weighted by atomic mass is 15.1. The fourth-order valence-corrected chi connectivity index (χ4v) is 2.17. The highest BCUT2D eigenvalue weighted by Gasteiger charge is 2.25. The summed E-state index contributed by atoms with van der Waals surface area (Å²) < 4.78 is 0. The first-order valence-corrected chi connectivity index (χ1v) is 7.72. The van der Waals surface area contributed by atoms with Crippen LogP contribution in [0.4, 0.5) is 0 Å². The Labute approximate surface area is 133 Å². The second-order valence-electron chi connectivity index (χ2n) is 5.38. The molecule has 3 nitrogen and oxygen atoms in total. The Morgan fingerprint density at radius 1 is 1.27 bits per heavy atom. The lowest BCUT2D eigenvalue weighted by Crippen LogP contribution is -2.15. The van der Waals surface area contributed by atoms with Gasteiger partial charge in [0.1, 0.15) is 0 Å². The number of fused-ring (bicyclic) bond motifs is 1. The Bertz CT molecular complexity index is 637. The number of nitrogens with zero attached hydrogens (tertiary/aromatic N) is 2. The Hall–Kier alpha value is -2.23. The van der Waals surface area contributed by atoms with Gasteiger partial charge in [-0.2, -0.15) is 5.26 Å². The van der Waals surface area contributed by atoms with E-state index in [2.05, 4.69) is 62.0 Å². The van der Waals surface area contributed by atoms with Crippen molar-refractivity contribution in [1.82, 2.24) is 9.88 Å². The van der Waals surface area contributed by atoms with Gasteiger partial charge in [0.05, 0.1) is 11.6 Å². The molecule has 3 heteroatoms. The number of terminal acetylenes is 1. The average molecular weight is 295 g/mol. The maximum absolute atomic E-state index is 8.76. The van der Waals surface area contributed by atoms with Crippen LogP contribution in [0, 0.1) is 24.2 Å². The Morgan fingerprint density at radius 3 is 2.36 bits per heavy atom. The molecule has 22 heavy (non-hydrogen) atoms. The minimum atomic E-state index is 0.724. The zero-order valence-corrected chi connectivity index (χ0v) is 13.8. The molecule has 2 aromatic rings. The van der Waals surface area contributed by atoms with Gasteiger partial charge in [-0.1, -0.05) is 19.9 Å². The molecule has 0 bridgehead atoms. The zero-order valence-electron chi connectivity index (χ0n) is 13.8. The molecule has 1 aliphatic carbocycles. The van der Waals surface area contributed by atoms with Gasteiger partial charge in [0.2, 0.25) is 0 Å². The number of rotatable bonds is 3. The third-order valence-electron chi connectivity index (χ3n) is 3.94. The summed E-state index contributed by atoms with van der Waals surface area (Å²) in [6.45, 7) is 6.64. The summed E-state index contributed by atoms with van der Waals surface area (Å²) in [5.41, 5.74) is 3.23. The number of aromatic amines is 1. The average Bonchev–Trinajstić information content (AvgIpc) is 3.35. The van der Waals surface area contributed by atoms with Gasteiger partial charge in [0.15, 0.2) is 0 Å². The number of H-pyrrole nitrogens is 1. The van der Waals surface area contributed by atoms with E-state index < -0.39 is 0 Å². The number of nitrogens with one attached hydrogen (secondary N) is 1. The van der Waals surface area contributed by atoms with Gasteiger partial charge in [-0.05, 0) is 56.6 Å². The van der Waals surface area contributed by atoms with Crippen LogP contribution in [0.25, 0.3) is 10.9 Å². The van der Waals surface area contributed by atoms with Crippen LogP contribution in [-0.4, -0.2) is 30.0 Å². The quantitative estimate of drug-likeness (QED) is 0.865. The molecule has 1 aromatic heterocycles. The van der Waals surface area contributed by atoms with Crippen LogP contribution in [0.1, 0.15) is 43.7 Å². The van der Waals surface area contributed by atoms with Crippen LogP contribution in [-0.2, 0) is 0 Å². The summed E-state index contributed by atoms with van der Waals surface area (Å²) in [4.78, 5) is 5.48. The molecule has 1 N–H and O–H groups in total. The second kappa shape index (κ2) is 8.93. The molecule has 0 saturated heterocycles. The van der Waals surface area contributed by atoms with Crippen molar-refractivity contribution >= 4 is 10.9 Å². The molecule has 0 radical (unpaired) electrons. The highest BCUT2D eigenvalue weighted by molar-refractivity contribution is 5.85. The molecule has 3 rings (SSSR count). The SMILES string of the molecule is C#C.CCN(C)CC.N#Cc1ccc2c(C3CC3)c[nH]c2c1. The molecule has 1 aliphatic rings. The van der Waals surface area contributed by atoms with E-state index in [1.54, 1.807) is 0 Å². The van der Waals surface area contributed by atoms with E-state index in [-0.39, 0.29) is 0 Å². The van der Waals surface area contributed by atoms with E-state index >= 15 is 0 Å². The van der Waals surface area contributed by atoms with Crippen molar-refractivity contribution in [2.75, 3.05) is 20.1 Å². The minimum Gasteiger partial charge on any atom is -0.361 e. The molecule has 0 aliphatic heterocycles. The van der Waals surface area contributed by atoms with Crippen LogP contribution in [0.5, 0.6) is 0 Å². The van der Waals surface area contributed by atoms with Gasteiger partial charge in [-0.25, -0.2) is 0 Å². The van der Waals surface area contributed by atoms with Gasteiger partial charge < -0.3 is 9.88 Å². The summed E-state index contributed by atoms with van der Waals surface area (Å²) >= 11 is 0. The molecule has 0 spiro atoms. The largest absolute Gasteiger partial charge is 0.361 e. The van der Waals surface area contributed by atoms with E-state index in [1.165, 1.54) is 23.8 Å². The second-order valence-corrected chi connectivity index (χ2v) is 5.38. The van der Waals surface area contributed by atoms with Crippen molar-refractivity contribution in [3.63, 3.8) is 0 Å². The Morgan fingerprint density at radius 2 is 1.91 bits per heavy atom. The van der Waals surface area contributed by atoms with Gasteiger partial charge in [0.25, 0.3) is 0 Å². The first-order valence-electron chi connectivity index (χ1n) is 7.72. The van der Waals surface area contributed by atoms with Gasteiger partial charge in [0, 0.05) is 17.1 Å². The molecule has 0 atom stereocenters. The predicted molar refractivity (Wildman–Crippen MR) is 93.7 cm³/mol. The lowest BCUT2D eigenvalue weighted by molar-refractivity contribution is 0.373. The fourth-order valence-electron chi connectivity index (χ4n) is 2.17. The Balaban J connectivity index is 0.000000260. The van der Waals surface area contributed by atoms with Crippen molar-refractivity contribution in [2.24, 2.45) is 0 Å². The van der Waals surface area contributed by atoms with Crippen molar-refractivity contribution in [3.05, 3.63) is 35.5 Å². The normalized spacial score (nSPS) is 12.8. The fraction of sp³-hybridized carbons (Fsp3) is 0.421. The lowest BCUT2D eigenvalue weighted by atomic mass is 10.1. The molecule has 1 aromatic carbocycles. The number of hydrogen-bond donors (Lipinski definition) is 1. The van der Waals surface area contributed by atoms with Crippen molar-refractivity contribution in [2.45, 2.75) is 32.6 Å².